The van der Waals surface area contributed by atoms with Crippen LogP contribution in [0.2, 0.25) is 0 Å². The van der Waals surface area contributed by atoms with E-state index >= 15 is 0 Å². The van der Waals surface area contributed by atoms with E-state index in [4.69, 9.17) is 21.4 Å². The van der Waals surface area contributed by atoms with E-state index in [-0.39, 0.29) is 17.3 Å². The van der Waals surface area contributed by atoms with E-state index in [1.807, 2.05) is 30.3 Å². The lowest BCUT2D eigenvalue weighted by atomic mass is 9.88. The number of nitrogens with zero attached hydrogens (tertiary/aromatic N) is 3. The number of hydrogen-bond donors (Lipinski definition) is 2. The van der Waals surface area contributed by atoms with Crippen LogP contribution in [0.25, 0.3) is 32.7 Å². The normalized spacial score (nSPS) is 13.6. The summed E-state index contributed by atoms with van der Waals surface area (Å²) >= 11 is 1.65. The maximum absolute atomic E-state index is 13.8. The molecule has 5 aromatic rings. The Hall–Kier alpha value is -3.52. The second kappa shape index (κ2) is 10.1. The highest BCUT2D eigenvalue weighted by Gasteiger charge is 2.30. The van der Waals surface area contributed by atoms with Crippen LogP contribution >= 0.6 is 11.3 Å². The van der Waals surface area contributed by atoms with Gasteiger partial charge in [-0.3, -0.25) is 4.98 Å². The Morgan fingerprint density at radius 1 is 0.865 bits per heavy atom. The van der Waals surface area contributed by atoms with Crippen LogP contribution in [-0.4, -0.2) is 21.0 Å². The van der Waals surface area contributed by atoms with E-state index < -0.39 is 6.04 Å². The van der Waals surface area contributed by atoms with Gasteiger partial charge in [-0.25, -0.2) is 14.4 Å². The third-order valence-electron chi connectivity index (χ3n) is 6.40. The minimum Gasteiger partial charge on any atom is -0.326 e. The summed E-state index contributed by atoms with van der Waals surface area (Å²) in [5.74, 6) is 0.288. The molecule has 3 aromatic heterocycles. The van der Waals surface area contributed by atoms with E-state index in [1.54, 1.807) is 35.9 Å². The highest BCUT2D eigenvalue weighted by molar-refractivity contribution is 7.20. The third kappa shape index (κ3) is 5.16. The van der Waals surface area contributed by atoms with Crippen LogP contribution in [0.3, 0.4) is 0 Å². The first kappa shape index (κ1) is 25.1. The highest BCUT2D eigenvalue weighted by Crippen LogP contribution is 2.46. The largest absolute Gasteiger partial charge is 0.326 e. The molecule has 7 heteroatoms. The van der Waals surface area contributed by atoms with Crippen LogP contribution in [0.4, 0.5) is 4.39 Å². The van der Waals surface area contributed by atoms with Crippen LogP contribution in [-0.2, 0) is 11.8 Å². The molecule has 2 atom stereocenters. The molecule has 37 heavy (non-hydrogen) atoms. The van der Waals surface area contributed by atoms with Crippen molar-refractivity contribution < 1.29 is 4.39 Å². The van der Waals surface area contributed by atoms with Crippen molar-refractivity contribution in [3.05, 3.63) is 101 Å². The Morgan fingerprint density at radius 3 is 2.19 bits per heavy atom. The zero-order chi connectivity index (χ0) is 26.2. The predicted octanol–water partition coefficient (Wildman–Crippen LogP) is 6.43. The molecule has 0 saturated carbocycles. The van der Waals surface area contributed by atoms with Gasteiger partial charge in [-0.1, -0.05) is 63.2 Å². The summed E-state index contributed by atoms with van der Waals surface area (Å²) in [5.41, 5.74) is 18.8. The van der Waals surface area contributed by atoms with E-state index in [0.717, 1.165) is 43.0 Å². The van der Waals surface area contributed by atoms with Gasteiger partial charge in [0.15, 0.2) is 5.82 Å². The number of thiophene rings is 1. The molecule has 0 radical (unpaired) electrons. The number of fused-ring (bicyclic) bond motifs is 1. The average Bonchev–Trinajstić information content (AvgIpc) is 3.29. The van der Waals surface area contributed by atoms with Crippen LogP contribution in [0.15, 0.2) is 79.1 Å². The Labute approximate surface area is 220 Å². The summed E-state index contributed by atoms with van der Waals surface area (Å²) in [6, 6.07) is 19.6. The molecule has 188 valence electrons. The summed E-state index contributed by atoms with van der Waals surface area (Å²) < 4.78 is 14.8. The number of pyridine rings is 1. The first-order valence-electron chi connectivity index (χ1n) is 12.3. The van der Waals surface area contributed by atoms with E-state index in [2.05, 4.69) is 37.9 Å². The van der Waals surface area contributed by atoms with Crippen molar-refractivity contribution in [1.29, 1.82) is 0 Å². The summed E-state index contributed by atoms with van der Waals surface area (Å²) in [4.78, 5) is 15.3. The second-order valence-corrected chi connectivity index (χ2v) is 11.3. The van der Waals surface area contributed by atoms with Gasteiger partial charge in [-0.15, -0.1) is 11.3 Å². The van der Waals surface area contributed by atoms with Crippen molar-refractivity contribution in [3.63, 3.8) is 0 Å². The first-order chi connectivity index (χ1) is 17.7. The summed E-state index contributed by atoms with van der Waals surface area (Å²) in [6.45, 7) is 6.51. The quantitative estimate of drug-likeness (QED) is 0.274. The second-order valence-electron chi connectivity index (χ2n) is 10.3. The first-order valence-corrected chi connectivity index (χ1v) is 13.1. The lowest BCUT2D eigenvalue weighted by Gasteiger charge is -2.21. The average molecular weight is 512 g/mol. The molecule has 5 rings (SSSR count). The molecule has 0 aliphatic heterocycles. The Balaban J connectivity index is 1.75. The molecule has 0 amide bonds. The molecule has 0 saturated heterocycles. The maximum Gasteiger partial charge on any atom is 0.160 e. The van der Waals surface area contributed by atoms with Crippen molar-refractivity contribution in [2.75, 3.05) is 0 Å². The van der Waals surface area contributed by atoms with Crippen molar-refractivity contribution in [2.24, 2.45) is 11.5 Å². The maximum atomic E-state index is 13.8. The molecular formula is C30H30FN5S. The van der Waals surface area contributed by atoms with Crippen molar-refractivity contribution in [1.82, 2.24) is 15.0 Å². The number of aromatic nitrogens is 3. The standard InChI is InChI=1S/C30H30FN5S/c1-30(2,3)28-23(19-9-11-21(31)12-10-19)25-27(37-28)26(36-29(35-25)20-13-15-34-16-14-20)24(33)22(32)17-18-7-5-4-6-8-18/h4-16,22,24H,17,32-33H2,1-3H3. The van der Waals surface area contributed by atoms with Crippen LogP contribution in [0.5, 0.6) is 0 Å². The number of benzene rings is 2. The van der Waals surface area contributed by atoms with Gasteiger partial charge in [0, 0.05) is 34.4 Å². The predicted molar refractivity (Wildman–Crippen MR) is 150 cm³/mol. The van der Waals surface area contributed by atoms with E-state index in [1.165, 1.54) is 12.1 Å². The smallest absolute Gasteiger partial charge is 0.160 e. The topological polar surface area (TPSA) is 90.7 Å². The Bertz CT molecular complexity index is 1510. The molecule has 2 aromatic carbocycles. The summed E-state index contributed by atoms with van der Waals surface area (Å²) in [7, 11) is 0. The molecule has 4 N–H and O–H groups in total. The molecule has 5 nitrogen and oxygen atoms in total. The van der Waals surface area contributed by atoms with Crippen molar-refractivity contribution in [3.8, 4) is 22.5 Å². The van der Waals surface area contributed by atoms with Crippen molar-refractivity contribution >= 4 is 21.6 Å². The molecule has 0 fully saturated rings. The molecular weight excluding hydrogens is 481 g/mol. The van der Waals surface area contributed by atoms with Gasteiger partial charge in [-0.05, 0) is 47.2 Å². The monoisotopic (exact) mass is 511 g/mol. The number of halogens is 1. The van der Waals surface area contributed by atoms with Gasteiger partial charge in [0.25, 0.3) is 0 Å². The summed E-state index contributed by atoms with van der Waals surface area (Å²) in [5, 5.41) is 0. The fourth-order valence-electron chi connectivity index (χ4n) is 4.48. The van der Waals surface area contributed by atoms with Crippen LogP contribution < -0.4 is 11.5 Å². The van der Waals surface area contributed by atoms with Gasteiger partial charge in [0.2, 0.25) is 0 Å². The van der Waals surface area contributed by atoms with Gasteiger partial charge in [0.1, 0.15) is 5.82 Å². The van der Waals surface area contributed by atoms with Gasteiger partial charge < -0.3 is 11.5 Å². The van der Waals surface area contributed by atoms with E-state index in [0.29, 0.717) is 12.2 Å². The Kier molecular flexibility index (Phi) is 6.86. The lowest BCUT2D eigenvalue weighted by Crippen LogP contribution is -2.36. The minimum atomic E-state index is -0.515. The molecule has 0 aliphatic rings. The molecule has 0 spiro atoms. The van der Waals surface area contributed by atoms with Gasteiger partial charge in [0.05, 0.1) is 22.0 Å². The van der Waals surface area contributed by atoms with E-state index in [9.17, 15) is 4.39 Å². The summed E-state index contributed by atoms with van der Waals surface area (Å²) in [6.07, 6.45) is 4.07. The molecule has 0 bridgehead atoms. The van der Waals surface area contributed by atoms with Crippen LogP contribution in [0, 0.1) is 5.82 Å². The third-order valence-corrected chi connectivity index (χ3v) is 8.03. The highest BCUT2D eigenvalue weighted by atomic mass is 32.1. The molecule has 0 aliphatic carbocycles. The van der Waals surface area contributed by atoms with Crippen molar-refractivity contribution in [2.45, 2.75) is 44.7 Å². The van der Waals surface area contributed by atoms with Gasteiger partial charge >= 0.3 is 0 Å². The number of hydrogen-bond acceptors (Lipinski definition) is 6. The SMILES string of the molecule is CC(C)(C)c1sc2c(C(N)C(N)Cc3ccccc3)nc(-c3ccncc3)nc2c1-c1ccc(F)cc1. The zero-order valence-corrected chi connectivity index (χ0v) is 22.0. The van der Waals surface area contributed by atoms with Gasteiger partial charge in [-0.2, -0.15) is 0 Å². The molecule has 3 heterocycles. The minimum absolute atomic E-state index is 0.181. The Morgan fingerprint density at radius 2 is 1.54 bits per heavy atom. The zero-order valence-electron chi connectivity index (χ0n) is 21.1. The molecule has 2 unspecified atom stereocenters. The number of rotatable bonds is 6. The lowest BCUT2D eigenvalue weighted by molar-refractivity contribution is 0.537. The fraction of sp³-hybridized carbons (Fsp3) is 0.233. The number of nitrogens with two attached hydrogens (primary N) is 2. The van der Waals surface area contributed by atoms with Crippen LogP contribution in [0.1, 0.15) is 42.9 Å². The fourth-order valence-corrected chi connectivity index (χ4v) is 5.84.